The molecule has 0 aromatic rings. The lowest BCUT2D eigenvalue weighted by Gasteiger charge is -2.16. The number of fused-ring (bicyclic) bond motifs is 1. The minimum atomic E-state index is 0.317. The molecule has 16 heavy (non-hydrogen) atoms. The van der Waals surface area contributed by atoms with Crippen LogP contribution in [0.1, 0.15) is 38.5 Å². The molecule has 1 heterocycles. The van der Waals surface area contributed by atoms with E-state index in [0.29, 0.717) is 17.9 Å². The highest BCUT2D eigenvalue weighted by molar-refractivity contribution is 5.79. The van der Waals surface area contributed by atoms with Crippen molar-refractivity contribution in [1.29, 1.82) is 0 Å². The van der Waals surface area contributed by atoms with E-state index in [2.05, 4.69) is 10.6 Å². The number of carbonyl (C=O) groups is 1. The molecule has 0 aromatic carbocycles. The van der Waals surface area contributed by atoms with Crippen LogP contribution in [0.4, 0.5) is 0 Å². The summed E-state index contributed by atoms with van der Waals surface area (Å²) in [5, 5.41) is 6.68. The van der Waals surface area contributed by atoms with E-state index >= 15 is 0 Å². The molecule has 3 nitrogen and oxygen atoms in total. The first-order valence-electron chi connectivity index (χ1n) is 6.84. The maximum Gasteiger partial charge on any atom is 0.223 e. The van der Waals surface area contributed by atoms with Gasteiger partial charge in [-0.05, 0) is 50.6 Å². The molecule has 2 aliphatic carbocycles. The Kier molecular flexibility index (Phi) is 2.88. The van der Waals surface area contributed by atoms with Crippen molar-refractivity contribution in [2.45, 2.75) is 44.6 Å². The summed E-state index contributed by atoms with van der Waals surface area (Å²) in [7, 11) is 0. The molecule has 0 bridgehead atoms. The van der Waals surface area contributed by atoms with Crippen LogP contribution in [0.25, 0.3) is 0 Å². The topological polar surface area (TPSA) is 41.1 Å². The number of hydrogen-bond donors (Lipinski definition) is 2. The molecular formula is C13H22N2O. The van der Waals surface area contributed by atoms with E-state index in [1.165, 1.54) is 25.7 Å². The molecule has 90 valence electrons. The molecule has 2 atom stereocenters. The zero-order valence-electron chi connectivity index (χ0n) is 9.87. The van der Waals surface area contributed by atoms with Gasteiger partial charge in [0.1, 0.15) is 0 Å². The van der Waals surface area contributed by atoms with Gasteiger partial charge in [-0.25, -0.2) is 0 Å². The SMILES string of the molecule is O=C(NC1CCCC1)C1CC2CNCC2C1. The minimum Gasteiger partial charge on any atom is -0.353 e. The molecule has 0 radical (unpaired) electrons. The fourth-order valence-electron chi connectivity index (χ4n) is 3.77. The van der Waals surface area contributed by atoms with Crippen molar-refractivity contribution in [3.63, 3.8) is 0 Å². The van der Waals surface area contributed by atoms with Crippen molar-refractivity contribution in [3.05, 3.63) is 0 Å². The van der Waals surface area contributed by atoms with E-state index in [1.807, 2.05) is 0 Å². The van der Waals surface area contributed by atoms with Gasteiger partial charge in [0.25, 0.3) is 0 Å². The fourth-order valence-corrected chi connectivity index (χ4v) is 3.77. The third-order valence-electron chi connectivity index (χ3n) is 4.73. The summed E-state index contributed by atoms with van der Waals surface area (Å²) in [6, 6.07) is 0.492. The standard InChI is InChI=1S/C13H22N2O/c16-13(15-12-3-1-2-4-12)9-5-10-7-14-8-11(10)6-9/h9-12,14H,1-8H2,(H,15,16). The number of carbonyl (C=O) groups excluding carboxylic acids is 1. The molecule has 2 unspecified atom stereocenters. The third kappa shape index (κ3) is 1.97. The Balaban J connectivity index is 1.51. The van der Waals surface area contributed by atoms with Crippen LogP contribution in [0.15, 0.2) is 0 Å². The Morgan fingerprint density at radius 3 is 2.31 bits per heavy atom. The van der Waals surface area contributed by atoms with Gasteiger partial charge in [-0.1, -0.05) is 12.8 Å². The van der Waals surface area contributed by atoms with Gasteiger partial charge in [0.2, 0.25) is 5.91 Å². The summed E-state index contributed by atoms with van der Waals surface area (Å²) in [5.74, 6) is 2.22. The normalized spacial score (nSPS) is 38.9. The monoisotopic (exact) mass is 222 g/mol. The summed E-state index contributed by atoms with van der Waals surface area (Å²) >= 11 is 0. The summed E-state index contributed by atoms with van der Waals surface area (Å²) in [6.07, 6.45) is 7.24. The van der Waals surface area contributed by atoms with Gasteiger partial charge in [0, 0.05) is 12.0 Å². The van der Waals surface area contributed by atoms with E-state index in [-0.39, 0.29) is 0 Å². The van der Waals surface area contributed by atoms with Crippen LogP contribution < -0.4 is 10.6 Å². The van der Waals surface area contributed by atoms with Crippen molar-refractivity contribution < 1.29 is 4.79 Å². The summed E-state index contributed by atoms with van der Waals surface area (Å²) in [5.41, 5.74) is 0. The van der Waals surface area contributed by atoms with Crippen molar-refractivity contribution in [2.75, 3.05) is 13.1 Å². The Bertz CT molecular complexity index is 261. The Labute approximate surface area is 97.4 Å². The highest BCUT2D eigenvalue weighted by Gasteiger charge is 2.40. The number of nitrogens with one attached hydrogen (secondary N) is 2. The molecule has 2 saturated carbocycles. The summed E-state index contributed by atoms with van der Waals surface area (Å²) in [4.78, 5) is 12.1. The number of rotatable bonds is 2. The van der Waals surface area contributed by atoms with Gasteiger partial charge in [-0.2, -0.15) is 0 Å². The Morgan fingerprint density at radius 1 is 1.06 bits per heavy atom. The van der Waals surface area contributed by atoms with E-state index in [4.69, 9.17) is 0 Å². The fraction of sp³-hybridized carbons (Fsp3) is 0.923. The van der Waals surface area contributed by atoms with Crippen LogP contribution in [-0.2, 0) is 4.79 Å². The zero-order valence-corrected chi connectivity index (χ0v) is 9.87. The molecule has 3 aliphatic rings. The van der Waals surface area contributed by atoms with Crippen LogP contribution in [0, 0.1) is 17.8 Å². The van der Waals surface area contributed by atoms with Gasteiger partial charge in [0.05, 0.1) is 0 Å². The van der Waals surface area contributed by atoms with Crippen LogP contribution in [0.2, 0.25) is 0 Å². The lowest BCUT2D eigenvalue weighted by Crippen LogP contribution is -2.37. The summed E-state index contributed by atoms with van der Waals surface area (Å²) < 4.78 is 0. The highest BCUT2D eigenvalue weighted by Crippen LogP contribution is 2.38. The third-order valence-corrected chi connectivity index (χ3v) is 4.73. The molecule has 0 aromatic heterocycles. The number of hydrogen-bond acceptors (Lipinski definition) is 2. The molecule has 3 rings (SSSR count). The maximum absolute atomic E-state index is 12.1. The van der Waals surface area contributed by atoms with E-state index in [1.54, 1.807) is 0 Å². The lowest BCUT2D eigenvalue weighted by atomic mass is 10.0. The lowest BCUT2D eigenvalue weighted by molar-refractivity contribution is -0.125. The smallest absolute Gasteiger partial charge is 0.223 e. The highest BCUT2D eigenvalue weighted by atomic mass is 16.1. The average molecular weight is 222 g/mol. The minimum absolute atomic E-state index is 0.317. The first kappa shape index (κ1) is 10.6. The molecule has 1 amide bonds. The van der Waals surface area contributed by atoms with E-state index in [0.717, 1.165) is 37.8 Å². The van der Waals surface area contributed by atoms with Crippen molar-refractivity contribution in [2.24, 2.45) is 17.8 Å². The first-order valence-corrected chi connectivity index (χ1v) is 6.84. The van der Waals surface area contributed by atoms with Gasteiger partial charge in [-0.3, -0.25) is 4.79 Å². The van der Waals surface area contributed by atoms with Gasteiger partial charge >= 0.3 is 0 Å². The van der Waals surface area contributed by atoms with Crippen LogP contribution in [0.5, 0.6) is 0 Å². The molecule has 1 aliphatic heterocycles. The average Bonchev–Trinajstić information content (AvgIpc) is 2.91. The largest absolute Gasteiger partial charge is 0.353 e. The molecule has 3 heteroatoms. The second-order valence-corrected chi connectivity index (χ2v) is 5.84. The maximum atomic E-state index is 12.1. The molecule has 1 saturated heterocycles. The predicted molar refractivity (Wildman–Crippen MR) is 63.0 cm³/mol. The van der Waals surface area contributed by atoms with Crippen molar-refractivity contribution in [3.8, 4) is 0 Å². The van der Waals surface area contributed by atoms with Gasteiger partial charge in [-0.15, -0.1) is 0 Å². The second-order valence-electron chi connectivity index (χ2n) is 5.84. The Morgan fingerprint density at radius 2 is 1.69 bits per heavy atom. The summed E-state index contributed by atoms with van der Waals surface area (Å²) in [6.45, 7) is 2.27. The van der Waals surface area contributed by atoms with Crippen molar-refractivity contribution in [1.82, 2.24) is 10.6 Å². The van der Waals surface area contributed by atoms with E-state index in [9.17, 15) is 4.79 Å². The van der Waals surface area contributed by atoms with Gasteiger partial charge < -0.3 is 10.6 Å². The molecule has 3 fully saturated rings. The van der Waals surface area contributed by atoms with Crippen molar-refractivity contribution >= 4 is 5.91 Å². The predicted octanol–water partition coefficient (Wildman–Crippen LogP) is 1.29. The second kappa shape index (κ2) is 4.36. The Hall–Kier alpha value is -0.570. The van der Waals surface area contributed by atoms with Crippen LogP contribution >= 0.6 is 0 Å². The van der Waals surface area contributed by atoms with Crippen LogP contribution in [0.3, 0.4) is 0 Å². The molecular weight excluding hydrogens is 200 g/mol. The van der Waals surface area contributed by atoms with Gasteiger partial charge in [0.15, 0.2) is 0 Å². The first-order chi connectivity index (χ1) is 7.83. The van der Waals surface area contributed by atoms with Crippen LogP contribution in [-0.4, -0.2) is 25.0 Å². The zero-order chi connectivity index (χ0) is 11.0. The molecule has 0 spiro atoms. The quantitative estimate of drug-likeness (QED) is 0.739. The molecule has 2 N–H and O–H groups in total. The van der Waals surface area contributed by atoms with E-state index < -0.39 is 0 Å². The number of amides is 1.